The van der Waals surface area contributed by atoms with Gasteiger partial charge in [-0.2, -0.15) is 4.98 Å². The Labute approximate surface area is 112 Å². The van der Waals surface area contributed by atoms with Crippen LogP contribution in [0.25, 0.3) is 5.78 Å². The van der Waals surface area contributed by atoms with Crippen LogP contribution in [0.15, 0.2) is 42.7 Å². The number of imidazole rings is 1. The van der Waals surface area contributed by atoms with E-state index >= 15 is 0 Å². The average Bonchev–Trinajstić information content (AvgIpc) is 2.79. The summed E-state index contributed by atoms with van der Waals surface area (Å²) in [6.45, 7) is 0. The van der Waals surface area contributed by atoms with Crippen molar-refractivity contribution < 1.29 is 13.9 Å². The number of halogens is 1. The van der Waals surface area contributed by atoms with Gasteiger partial charge in [0.05, 0.1) is 0 Å². The van der Waals surface area contributed by atoms with Gasteiger partial charge in [-0.15, -0.1) is 0 Å². The number of fused-ring (bicyclic) bond motifs is 1. The van der Waals surface area contributed by atoms with E-state index in [9.17, 15) is 9.18 Å². The highest BCUT2D eigenvalue weighted by Crippen LogP contribution is 2.25. The van der Waals surface area contributed by atoms with Crippen LogP contribution in [0.1, 0.15) is 10.5 Å². The summed E-state index contributed by atoms with van der Waals surface area (Å²) in [4.78, 5) is 19.6. The van der Waals surface area contributed by atoms with Gasteiger partial charge in [0.1, 0.15) is 11.6 Å². The predicted molar refractivity (Wildman–Crippen MR) is 68.0 cm³/mol. The van der Waals surface area contributed by atoms with Crippen molar-refractivity contribution in [3.8, 4) is 11.6 Å². The van der Waals surface area contributed by atoms with Crippen LogP contribution in [0, 0.1) is 5.82 Å². The molecule has 0 spiro atoms. The number of nitrogens with zero attached hydrogens (tertiary/aromatic N) is 3. The molecule has 2 heterocycles. The molecule has 2 aromatic heterocycles. The maximum Gasteiger partial charge on any atom is 0.271 e. The molecule has 2 N–H and O–H groups in total. The number of nitrogens with two attached hydrogens (primary N) is 1. The standard InChI is InChI=1S/C13H9FN4O2/c14-8-2-4-9(5-3-8)20-12-10(11(15)19)18-7-1-6-16-13(18)17-12/h1-7H,(H2,15,19). The van der Waals surface area contributed by atoms with E-state index in [1.54, 1.807) is 12.3 Å². The third-order valence-electron chi connectivity index (χ3n) is 2.63. The highest BCUT2D eigenvalue weighted by molar-refractivity contribution is 5.94. The molecule has 7 heteroatoms. The van der Waals surface area contributed by atoms with Crippen LogP contribution in [0.3, 0.4) is 0 Å². The van der Waals surface area contributed by atoms with Gasteiger partial charge in [0.15, 0.2) is 5.69 Å². The minimum absolute atomic E-state index is 0.0304. The maximum atomic E-state index is 12.8. The van der Waals surface area contributed by atoms with Gasteiger partial charge in [0.25, 0.3) is 11.8 Å². The third-order valence-corrected chi connectivity index (χ3v) is 2.63. The van der Waals surface area contributed by atoms with Crippen LogP contribution < -0.4 is 10.5 Å². The molecule has 0 saturated heterocycles. The summed E-state index contributed by atoms with van der Waals surface area (Å²) in [5.74, 6) is -0.412. The molecule has 0 unspecified atom stereocenters. The lowest BCUT2D eigenvalue weighted by atomic mass is 10.3. The van der Waals surface area contributed by atoms with Crippen LogP contribution in [-0.2, 0) is 0 Å². The Balaban J connectivity index is 2.08. The van der Waals surface area contributed by atoms with Gasteiger partial charge in [-0.25, -0.2) is 9.37 Å². The quantitative estimate of drug-likeness (QED) is 0.787. The number of carbonyl (C=O) groups is 1. The first kappa shape index (κ1) is 12.1. The number of primary amides is 1. The Morgan fingerprint density at radius 3 is 2.75 bits per heavy atom. The molecule has 1 amide bonds. The number of hydrogen-bond donors (Lipinski definition) is 1. The van der Waals surface area contributed by atoms with Crippen molar-refractivity contribution in [3.63, 3.8) is 0 Å². The molecule has 3 rings (SSSR count). The SMILES string of the molecule is NC(=O)c1c(Oc2ccc(F)cc2)nc2ncccn12. The fourth-order valence-electron chi connectivity index (χ4n) is 1.78. The second kappa shape index (κ2) is 4.61. The van der Waals surface area contributed by atoms with Gasteiger partial charge in [-0.3, -0.25) is 9.20 Å². The number of aromatic nitrogens is 3. The summed E-state index contributed by atoms with van der Waals surface area (Å²) >= 11 is 0. The van der Waals surface area contributed by atoms with Gasteiger partial charge in [0.2, 0.25) is 5.78 Å². The van der Waals surface area contributed by atoms with Crippen molar-refractivity contribution in [2.24, 2.45) is 5.73 Å². The molecule has 0 radical (unpaired) electrons. The predicted octanol–water partition coefficient (Wildman–Crippen LogP) is 1.76. The summed E-state index contributed by atoms with van der Waals surface area (Å²) in [6.07, 6.45) is 3.14. The highest BCUT2D eigenvalue weighted by atomic mass is 19.1. The fourth-order valence-corrected chi connectivity index (χ4v) is 1.78. The van der Waals surface area contributed by atoms with Gasteiger partial charge >= 0.3 is 0 Å². The van der Waals surface area contributed by atoms with Crippen LogP contribution in [0.5, 0.6) is 11.6 Å². The molecule has 0 aliphatic carbocycles. The molecule has 0 bridgehead atoms. The smallest absolute Gasteiger partial charge is 0.271 e. The molecule has 0 atom stereocenters. The summed E-state index contributed by atoms with van der Waals surface area (Å²) in [5, 5.41) is 0. The highest BCUT2D eigenvalue weighted by Gasteiger charge is 2.19. The first-order valence-corrected chi connectivity index (χ1v) is 5.71. The Kier molecular flexibility index (Phi) is 2.79. The van der Waals surface area contributed by atoms with Gasteiger partial charge < -0.3 is 10.5 Å². The molecule has 0 saturated carbocycles. The average molecular weight is 272 g/mol. The fraction of sp³-hybridized carbons (Fsp3) is 0. The minimum Gasteiger partial charge on any atom is -0.437 e. The summed E-state index contributed by atoms with van der Waals surface area (Å²) in [6, 6.07) is 6.98. The minimum atomic E-state index is -0.692. The van der Waals surface area contributed by atoms with Crippen molar-refractivity contribution in [3.05, 3.63) is 54.2 Å². The molecule has 1 aromatic carbocycles. The van der Waals surface area contributed by atoms with Crippen LogP contribution >= 0.6 is 0 Å². The van der Waals surface area contributed by atoms with Crippen LogP contribution in [0.4, 0.5) is 4.39 Å². The number of carbonyl (C=O) groups excluding carboxylic acids is 1. The first-order chi connectivity index (χ1) is 9.65. The van der Waals surface area contributed by atoms with Gasteiger partial charge in [-0.05, 0) is 30.3 Å². The maximum absolute atomic E-state index is 12.8. The number of amides is 1. The van der Waals surface area contributed by atoms with Crippen molar-refractivity contribution >= 4 is 11.7 Å². The zero-order chi connectivity index (χ0) is 14.1. The number of rotatable bonds is 3. The largest absolute Gasteiger partial charge is 0.437 e. The third kappa shape index (κ3) is 2.05. The van der Waals surface area contributed by atoms with Crippen molar-refractivity contribution in [2.45, 2.75) is 0 Å². The molecule has 100 valence electrons. The number of ether oxygens (including phenoxy) is 1. The van der Waals surface area contributed by atoms with Crippen LogP contribution in [0.2, 0.25) is 0 Å². The lowest BCUT2D eigenvalue weighted by molar-refractivity contribution is 0.0992. The van der Waals surface area contributed by atoms with Crippen molar-refractivity contribution in [1.29, 1.82) is 0 Å². The second-order valence-corrected chi connectivity index (χ2v) is 3.98. The van der Waals surface area contributed by atoms with E-state index in [-0.39, 0.29) is 17.4 Å². The number of hydrogen-bond acceptors (Lipinski definition) is 4. The van der Waals surface area contributed by atoms with E-state index in [2.05, 4.69) is 9.97 Å². The molecule has 6 nitrogen and oxygen atoms in total. The van der Waals surface area contributed by atoms with E-state index in [1.165, 1.54) is 34.9 Å². The summed E-state index contributed by atoms with van der Waals surface area (Å²) in [7, 11) is 0. The lowest BCUT2D eigenvalue weighted by Crippen LogP contribution is -2.14. The molecule has 0 fully saturated rings. The van der Waals surface area contributed by atoms with E-state index < -0.39 is 5.91 Å². The zero-order valence-electron chi connectivity index (χ0n) is 10.2. The second-order valence-electron chi connectivity index (χ2n) is 3.98. The Morgan fingerprint density at radius 2 is 2.05 bits per heavy atom. The summed E-state index contributed by atoms with van der Waals surface area (Å²) < 4.78 is 19.7. The Bertz CT molecular complexity index is 783. The monoisotopic (exact) mass is 272 g/mol. The molecule has 20 heavy (non-hydrogen) atoms. The molecular formula is C13H9FN4O2. The van der Waals surface area contributed by atoms with E-state index in [1.807, 2.05) is 0 Å². The molecular weight excluding hydrogens is 263 g/mol. The number of benzene rings is 1. The van der Waals surface area contributed by atoms with E-state index in [0.717, 1.165) is 0 Å². The summed E-state index contributed by atoms with van der Waals surface area (Å²) in [5.41, 5.74) is 5.42. The van der Waals surface area contributed by atoms with Crippen LogP contribution in [-0.4, -0.2) is 20.3 Å². The Hall–Kier alpha value is -2.96. The van der Waals surface area contributed by atoms with Gasteiger partial charge in [-0.1, -0.05) is 0 Å². The lowest BCUT2D eigenvalue weighted by Gasteiger charge is -2.03. The van der Waals surface area contributed by atoms with E-state index in [0.29, 0.717) is 11.5 Å². The Morgan fingerprint density at radius 1 is 1.30 bits per heavy atom. The molecule has 0 aliphatic heterocycles. The molecule has 0 aliphatic rings. The zero-order valence-corrected chi connectivity index (χ0v) is 10.2. The normalized spacial score (nSPS) is 10.7. The topological polar surface area (TPSA) is 82.5 Å². The van der Waals surface area contributed by atoms with Crippen molar-refractivity contribution in [2.75, 3.05) is 0 Å². The van der Waals surface area contributed by atoms with E-state index in [4.69, 9.17) is 10.5 Å². The van der Waals surface area contributed by atoms with Gasteiger partial charge in [0, 0.05) is 12.4 Å². The molecule has 3 aromatic rings. The van der Waals surface area contributed by atoms with Crippen molar-refractivity contribution in [1.82, 2.24) is 14.4 Å². The first-order valence-electron chi connectivity index (χ1n) is 5.71.